The highest BCUT2D eigenvalue weighted by atomic mass is 19.4. The van der Waals surface area contributed by atoms with Gasteiger partial charge in [0.2, 0.25) is 0 Å². The summed E-state index contributed by atoms with van der Waals surface area (Å²) in [5.41, 5.74) is -1.33. The molecule has 0 unspecified atom stereocenters. The van der Waals surface area contributed by atoms with Crippen molar-refractivity contribution in [1.82, 2.24) is 9.97 Å². The number of pyridine rings is 2. The van der Waals surface area contributed by atoms with E-state index in [9.17, 15) is 31.2 Å². The minimum Gasteiger partial charge on any atom is -0.489 e. The number of hydrogen-bond donors (Lipinski definition) is 1. The molecule has 0 radical (unpaired) electrons. The summed E-state index contributed by atoms with van der Waals surface area (Å²) in [6, 6.07) is 7.70. The zero-order chi connectivity index (χ0) is 29.9. The molecule has 0 amide bonds. The van der Waals surface area contributed by atoms with Crippen molar-refractivity contribution in [2.75, 3.05) is 41.3 Å². The summed E-state index contributed by atoms with van der Waals surface area (Å²) in [6.07, 6.45) is -2.18. The van der Waals surface area contributed by atoms with E-state index < -0.39 is 29.2 Å². The Hall–Kier alpha value is -4.10. The maximum Gasteiger partial charge on any atom is 0.418 e. The molecule has 0 bridgehead atoms. The Morgan fingerprint density at radius 2 is 1.55 bits per heavy atom. The number of nitroso groups, excluding NO2 is 1. The molecule has 0 atom stereocenters. The van der Waals surface area contributed by atoms with Crippen molar-refractivity contribution in [3.8, 4) is 5.75 Å². The third kappa shape index (κ3) is 7.02. The summed E-state index contributed by atoms with van der Waals surface area (Å²) < 4.78 is 84.4. The molecule has 0 spiro atoms. The molecule has 42 heavy (non-hydrogen) atoms. The minimum atomic E-state index is -4.67. The van der Waals surface area contributed by atoms with Crippen LogP contribution in [0.25, 0.3) is 0 Å². The second-order valence-corrected chi connectivity index (χ2v) is 10.3. The zero-order valence-electron chi connectivity index (χ0n) is 22.3. The van der Waals surface area contributed by atoms with Crippen molar-refractivity contribution < 1.29 is 31.1 Å². The summed E-state index contributed by atoms with van der Waals surface area (Å²) in [6.45, 7) is 2.42. The normalized spacial score (nSPS) is 19.9. The fourth-order valence-electron chi connectivity index (χ4n) is 5.26. The van der Waals surface area contributed by atoms with Crippen molar-refractivity contribution in [1.29, 1.82) is 0 Å². The van der Waals surface area contributed by atoms with Crippen LogP contribution < -0.4 is 19.9 Å². The van der Waals surface area contributed by atoms with Gasteiger partial charge in [-0.1, -0.05) is 0 Å². The Bertz CT molecular complexity index is 1370. The molecule has 3 aromatic rings. The van der Waals surface area contributed by atoms with Crippen LogP contribution in [0.3, 0.4) is 0 Å². The summed E-state index contributed by atoms with van der Waals surface area (Å²) >= 11 is 0. The molecule has 2 aromatic heterocycles. The molecule has 1 aliphatic heterocycles. The molecular formula is C28H28F6N6O2. The van der Waals surface area contributed by atoms with Crippen LogP contribution in [-0.4, -0.2) is 48.3 Å². The predicted octanol–water partition coefficient (Wildman–Crippen LogP) is 7.04. The van der Waals surface area contributed by atoms with Crippen molar-refractivity contribution in [3.63, 3.8) is 0 Å². The molecule has 8 nitrogen and oxygen atoms in total. The molecule has 5 rings (SSSR count). The number of nitrogens with zero attached hydrogens (tertiary/aromatic N) is 5. The minimum absolute atomic E-state index is 0.0408. The van der Waals surface area contributed by atoms with Gasteiger partial charge in [0.15, 0.2) is 0 Å². The molecule has 224 valence electrons. The zero-order valence-corrected chi connectivity index (χ0v) is 22.3. The van der Waals surface area contributed by atoms with E-state index in [-0.39, 0.29) is 17.8 Å². The van der Waals surface area contributed by atoms with E-state index in [2.05, 4.69) is 25.4 Å². The molecule has 1 aliphatic carbocycles. The first-order valence-electron chi connectivity index (χ1n) is 13.5. The van der Waals surface area contributed by atoms with Gasteiger partial charge in [0.25, 0.3) is 0 Å². The number of nitrogens with one attached hydrogen (secondary N) is 1. The van der Waals surface area contributed by atoms with E-state index >= 15 is 0 Å². The number of benzene rings is 1. The van der Waals surface area contributed by atoms with Crippen LogP contribution in [0.2, 0.25) is 0 Å². The number of hydrogen-bond acceptors (Lipinski definition) is 8. The topological polar surface area (TPSA) is 82.9 Å². The van der Waals surface area contributed by atoms with Gasteiger partial charge in [-0.2, -0.15) is 26.3 Å². The summed E-state index contributed by atoms with van der Waals surface area (Å²) in [5, 5.41) is 5.61. The molecule has 1 N–H and O–H groups in total. The highest BCUT2D eigenvalue weighted by Crippen LogP contribution is 2.38. The van der Waals surface area contributed by atoms with Gasteiger partial charge in [0.05, 0.1) is 35.3 Å². The van der Waals surface area contributed by atoms with Crippen molar-refractivity contribution >= 4 is 22.9 Å². The van der Waals surface area contributed by atoms with Crippen molar-refractivity contribution in [2.45, 2.75) is 50.2 Å². The molecule has 14 heteroatoms. The second-order valence-electron chi connectivity index (χ2n) is 10.3. The number of ether oxygens (including phenoxy) is 1. The van der Waals surface area contributed by atoms with Gasteiger partial charge in [-0.3, -0.25) is 4.98 Å². The van der Waals surface area contributed by atoms with E-state index in [0.717, 1.165) is 30.1 Å². The summed E-state index contributed by atoms with van der Waals surface area (Å²) in [4.78, 5) is 23.1. The number of piperazine rings is 1. The standard InChI is InChI=1S/C28H28F6N6O2/c29-27(30,31)18-1-8-26(36-15-18)40-11-9-39(10-12-40)21-14-23(17-35-16-21)42-22-5-2-19(3-6-22)37-20-4-7-25(38-41)24(13-20)28(32,33)34/h1,4,7-8,13-17,19,22,37H,2-3,5-6,9-12H2. The van der Waals surface area contributed by atoms with Gasteiger partial charge in [-0.25, -0.2) is 4.98 Å². The fourth-order valence-corrected chi connectivity index (χ4v) is 5.26. The number of rotatable bonds is 7. The lowest BCUT2D eigenvalue weighted by Crippen LogP contribution is -2.46. The van der Waals surface area contributed by atoms with Crippen LogP contribution in [0.5, 0.6) is 5.75 Å². The summed E-state index contributed by atoms with van der Waals surface area (Å²) in [7, 11) is 0. The molecule has 1 saturated heterocycles. The van der Waals surface area contributed by atoms with Crippen LogP contribution in [0, 0.1) is 4.91 Å². The third-order valence-corrected chi connectivity index (χ3v) is 7.49. The largest absolute Gasteiger partial charge is 0.489 e. The van der Waals surface area contributed by atoms with Crippen LogP contribution >= 0.6 is 0 Å². The molecule has 2 aliphatic rings. The van der Waals surface area contributed by atoms with Crippen LogP contribution in [-0.2, 0) is 12.4 Å². The van der Waals surface area contributed by atoms with E-state index in [0.29, 0.717) is 63.4 Å². The van der Waals surface area contributed by atoms with Gasteiger partial charge in [-0.05, 0) is 61.2 Å². The molecule has 2 fully saturated rings. The molecular weight excluding hydrogens is 566 g/mol. The SMILES string of the molecule is O=Nc1ccc(NC2CCC(Oc3cncc(N4CCN(c5ccc(C(F)(F)F)cn5)CC4)c3)CC2)cc1C(F)(F)F. The Morgan fingerprint density at radius 3 is 2.17 bits per heavy atom. The quantitative estimate of drug-likeness (QED) is 0.232. The van der Waals surface area contributed by atoms with E-state index in [1.54, 1.807) is 12.4 Å². The molecule has 1 aromatic carbocycles. The molecule has 3 heterocycles. The number of anilines is 3. The van der Waals surface area contributed by atoms with Crippen LogP contribution in [0.4, 0.5) is 49.2 Å². The predicted molar refractivity (Wildman–Crippen MR) is 145 cm³/mol. The lowest BCUT2D eigenvalue weighted by molar-refractivity contribution is -0.138. The first kappa shape index (κ1) is 29.4. The Kier molecular flexibility index (Phi) is 8.41. The lowest BCUT2D eigenvalue weighted by Gasteiger charge is -2.36. The average Bonchev–Trinajstić information content (AvgIpc) is 2.97. The maximum atomic E-state index is 13.2. The number of halogens is 6. The number of alkyl halides is 6. The van der Waals surface area contributed by atoms with E-state index in [1.165, 1.54) is 12.1 Å². The van der Waals surface area contributed by atoms with Crippen LogP contribution in [0.1, 0.15) is 36.8 Å². The maximum absolute atomic E-state index is 13.2. The van der Waals surface area contributed by atoms with Crippen LogP contribution in [0.15, 0.2) is 60.2 Å². The first-order chi connectivity index (χ1) is 20.0. The van der Waals surface area contributed by atoms with E-state index in [1.807, 2.05) is 11.0 Å². The van der Waals surface area contributed by atoms with Gasteiger partial charge in [-0.15, -0.1) is 4.91 Å². The van der Waals surface area contributed by atoms with Gasteiger partial charge in [0.1, 0.15) is 17.3 Å². The third-order valence-electron chi connectivity index (χ3n) is 7.49. The average molecular weight is 595 g/mol. The Labute approximate surface area is 237 Å². The van der Waals surface area contributed by atoms with Crippen molar-refractivity contribution in [2.24, 2.45) is 5.18 Å². The Balaban J connectivity index is 1.11. The highest BCUT2D eigenvalue weighted by Gasteiger charge is 2.35. The van der Waals surface area contributed by atoms with Gasteiger partial charge < -0.3 is 19.9 Å². The fraction of sp³-hybridized carbons (Fsp3) is 0.429. The highest BCUT2D eigenvalue weighted by molar-refractivity contribution is 5.58. The lowest BCUT2D eigenvalue weighted by atomic mass is 9.92. The van der Waals surface area contributed by atoms with Gasteiger partial charge >= 0.3 is 12.4 Å². The van der Waals surface area contributed by atoms with Crippen molar-refractivity contribution in [3.05, 3.63) is 71.0 Å². The monoisotopic (exact) mass is 594 g/mol. The number of aromatic nitrogens is 2. The second kappa shape index (κ2) is 12.0. The molecule has 1 saturated carbocycles. The Morgan fingerprint density at radius 1 is 0.833 bits per heavy atom. The van der Waals surface area contributed by atoms with E-state index in [4.69, 9.17) is 4.74 Å². The smallest absolute Gasteiger partial charge is 0.418 e. The van der Waals surface area contributed by atoms with Gasteiger partial charge in [0, 0.05) is 50.2 Å². The first-order valence-corrected chi connectivity index (χ1v) is 13.5. The summed E-state index contributed by atoms with van der Waals surface area (Å²) in [5.74, 6) is 1.11.